The molecular weight excluding hydrogens is 258 g/mol. The van der Waals surface area contributed by atoms with Crippen LogP contribution in [-0.4, -0.2) is 39.7 Å². The lowest BCUT2D eigenvalue weighted by molar-refractivity contribution is 0.213. The zero-order valence-corrected chi connectivity index (χ0v) is 11.6. The van der Waals surface area contributed by atoms with Gasteiger partial charge in [-0.15, -0.1) is 0 Å². The molecule has 1 aliphatic heterocycles. The molecule has 0 aliphatic carbocycles. The smallest absolute Gasteiger partial charge is 0.295 e. The van der Waals surface area contributed by atoms with Gasteiger partial charge < -0.3 is 19.6 Å². The largest absolute Gasteiger partial charge is 0.438 e. The standard InChI is InChI=1S/C13H19N5O2/c1-9-11(19-8-15-9)13-16-12(17-20-13)10(14)7-18-5-3-2-4-6-18/h8,10H,2-7,14H2,1H3. The number of nitrogens with zero attached hydrogens (tertiary/aromatic N) is 4. The average Bonchev–Trinajstić information content (AvgIpc) is 3.08. The van der Waals surface area contributed by atoms with E-state index in [1.807, 2.05) is 6.92 Å². The lowest BCUT2D eigenvalue weighted by Gasteiger charge is -2.27. The van der Waals surface area contributed by atoms with Gasteiger partial charge in [0.25, 0.3) is 5.89 Å². The van der Waals surface area contributed by atoms with E-state index in [1.165, 1.54) is 25.7 Å². The fourth-order valence-corrected chi connectivity index (χ4v) is 2.49. The molecule has 7 heteroatoms. The molecule has 1 aliphatic rings. The van der Waals surface area contributed by atoms with Crippen molar-refractivity contribution >= 4 is 0 Å². The molecule has 7 nitrogen and oxygen atoms in total. The Hall–Kier alpha value is -1.73. The number of piperidine rings is 1. The number of aromatic nitrogens is 3. The second kappa shape index (κ2) is 5.72. The van der Waals surface area contributed by atoms with Crippen LogP contribution in [0, 0.1) is 6.92 Å². The third-order valence-corrected chi connectivity index (χ3v) is 3.62. The summed E-state index contributed by atoms with van der Waals surface area (Å²) in [4.78, 5) is 10.7. The lowest BCUT2D eigenvalue weighted by atomic mass is 10.1. The molecule has 2 aromatic rings. The van der Waals surface area contributed by atoms with Crippen molar-refractivity contribution in [2.45, 2.75) is 32.2 Å². The highest BCUT2D eigenvalue weighted by molar-refractivity contribution is 5.46. The van der Waals surface area contributed by atoms with Gasteiger partial charge in [0.1, 0.15) is 0 Å². The van der Waals surface area contributed by atoms with Crippen LogP contribution in [0.5, 0.6) is 0 Å². The van der Waals surface area contributed by atoms with Gasteiger partial charge in [0.2, 0.25) is 5.76 Å². The predicted molar refractivity (Wildman–Crippen MR) is 71.8 cm³/mol. The zero-order chi connectivity index (χ0) is 13.9. The van der Waals surface area contributed by atoms with Gasteiger partial charge in [-0.3, -0.25) is 0 Å². The molecule has 20 heavy (non-hydrogen) atoms. The molecule has 0 saturated carbocycles. The Bertz CT molecular complexity index is 559. The van der Waals surface area contributed by atoms with Gasteiger partial charge in [-0.1, -0.05) is 11.6 Å². The van der Waals surface area contributed by atoms with Crippen LogP contribution in [0.25, 0.3) is 11.7 Å². The van der Waals surface area contributed by atoms with Crippen LogP contribution in [0.15, 0.2) is 15.3 Å². The monoisotopic (exact) mass is 277 g/mol. The lowest BCUT2D eigenvalue weighted by Crippen LogP contribution is -2.36. The van der Waals surface area contributed by atoms with Crippen molar-refractivity contribution in [3.05, 3.63) is 17.9 Å². The Kier molecular flexibility index (Phi) is 3.79. The molecule has 1 unspecified atom stereocenters. The Balaban J connectivity index is 1.68. The van der Waals surface area contributed by atoms with Gasteiger partial charge in [-0.25, -0.2) is 4.98 Å². The number of likely N-dealkylation sites (tertiary alicyclic amines) is 1. The summed E-state index contributed by atoms with van der Waals surface area (Å²) >= 11 is 0. The molecule has 0 spiro atoms. The van der Waals surface area contributed by atoms with Crippen molar-refractivity contribution in [3.63, 3.8) is 0 Å². The summed E-state index contributed by atoms with van der Waals surface area (Å²) in [5, 5.41) is 3.95. The minimum Gasteiger partial charge on any atom is -0.438 e. The molecule has 0 amide bonds. The van der Waals surface area contributed by atoms with Gasteiger partial charge in [0.05, 0.1) is 11.7 Å². The van der Waals surface area contributed by atoms with Crippen molar-refractivity contribution in [1.29, 1.82) is 0 Å². The van der Waals surface area contributed by atoms with E-state index in [9.17, 15) is 0 Å². The Labute approximate surface area is 117 Å². The van der Waals surface area contributed by atoms with Gasteiger partial charge in [0, 0.05) is 6.54 Å². The first kappa shape index (κ1) is 13.3. The summed E-state index contributed by atoms with van der Waals surface area (Å²) in [6.45, 7) is 4.78. The number of hydrogen-bond acceptors (Lipinski definition) is 7. The minimum atomic E-state index is -0.242. The topological polar surface area (TPSA) is 94.2 Å². The maximum atomic E-state index is 6.16. The molecule has 108 valence electrons. The summed E-state index contributed by atoms with van der Waals surface area (Å²) in [5.74, 6) is 1.36. The van der Waals surface area contributed by atoms with E-state index in [1.54, 1.807) is 0 Å². The molecule has 2 aromatic heterocycles. The third-order valence-electron chi connectivity index (χ3n) is 3.62. The quantitative estimate of drug-likeness (QED) is 0.905. The number of oxazole rings is 1. The summed E-state index contributed by atoms with van der Waals surface area (Å²) < 4.78 is 10.4. The second-order valence-electron chi connectivity index (χ2n) is 5.19. The molecule has 2 N–H and O–H groups in total. The Morgan fingerprint density at radius 2 is 2.15 bits per heavy atom. The maximum absolute atomic E-state index is 6.16. The average molecular weight is 277 g/mol. The van der Waals surface area contributed by atoms with E-state index in [-0.39, 0.29) is 6.04 Å². The first-order chi connectivity index (χ1) is 9.74. The molecule has 0 bridgehead atoms. The van der Waals surface area contributed by atoms with Crippen LogP contribution in [0.2, 0.25) is 0 Å². The minimum absolute atomic E-state index is 0.242. The van der Waals surface area contributed by atoms with Crippen molar-refractivity contribution < 1.29 is 8.94 Å². The molecule has 0 aromatic carbocycles. The van der Waals surface area contributed by atoms with Crippen molar-refractivity contribution in [1.82, 2.24) is 20.0 Å². The first-order valence-corrected chi connectivity index (χ1v) is 6.96. The summed E-state index contributed by atoms with van der Waals surface area (Å²) in [5.41, 5.74) is 6.88. The predicted octanol–water partition coefficient (Wildman–Crippen LogP) is 1.52. The number of hydrogen-bond donors (Lipinski definition) is 1. The van der Waals surface area contributed by atoms with E-state index >= 15 is 0 Å². The van der Waals surface area contributed by atoms with Crippen molar-refractivity contribution in [2.75, 3.05) is 19.6 Å². The highest BCUT2D eigenvalue weighted by Gasteiger charge is 2.21. The van der Waals surface area contributed by atoms with Crippen molar-refractivity contribution in [2.24, 2.45) is 5.73 Å². The maximum Gasteiger partial charge on any atom is 0.295 e. The fourth-order valence-electron chi connectivity index (χ4n) is 2.49. The SMILES string of the molecule is Cc1ncoc1-c1nc(C(N)CN2CCCCC2)no1. The Morgan fingerprint density at radius 3 is 2.85 bits per heavy atom. The molecule has 1 saturated heterocycles. The molecule has 0 radical (unpaired) electrons. The summed E-state index contributed by atoms with van der Waals surface area (Å²) in [6, 6.07) is -0.242. The van der Waals surface area contributed by atoms with Gasteiger partial charge >= 0.3 is 0 Å². The normalized spacial score (nSPS) is 18.3. The molecule has 3 rings (SSSR count). The molecule has 1 fully saturated rings. The van der Waals surface area contributed by atoms with E-state index in [4.69, 9.17) is 14.7 Å². The van der Waals surface area contributed by atoms with E-state index < -0.39 is 0 Å². The van der Waals surface area contributed by atoms with Crippen LogP contribution in [0.4, 0.5) is 0 Å². The van der Waals surface area contributed by atoms with E-state index in [2.05, 4.69) is 20.0 Å². The Morgan fingerprint density at radius 1 is 1.35 bits per heavy atom. The van der Waals surface area contributed by atoms with E-state index in [0.29, 0.717) is 17.5 Å². The van der Waals surface area contributed by atoms with Gasteiger partial charge in [0.15, 0.2) is 12.2 Å². The van der Waals surface area contributed by atoms with Crippen LogP contribution >= 0.6 is 0 Å². The first-order valence-electron chi connectivity index (χ1n) is 6.96. The highest BCUT2D eigenvalue weighted by Crippen LogP contribution is 2.22. The van der Waals surface area contributed by atoms with Crippen LogP contribution in [0.3, 0.4) is 0 Å². The number of aryl methyl sites for hydroxylation is 1. The fraction of sp³-hybridized carbons (Fsp3) is 0.615. The highest BCUT2D eigenvalue weighted by atomic mass is 16.5. The zero-order valence-electron chi connectivity index (χ0n) is 11.6. The number of nitrogens with two attached hydrogens (primary N) is 1. The van der Waals surface area contributed by atoms with Crippen molar-refractivity contribution in [3.8, 4) is 11.7 Å². The van der Waals surface area contributed by atoms with Crippen LogP contribution in [-0.2, 0) is 0 Å². The second-order valence-corrected chi connectivity index (χ2v) is 5.19. The molecule has 1 atom stereocenters. The van der Waals surface area contributed by atoms with Gasteiger partial charge in [-0.05, 0) is 32.9 Å². The van der Waals surface area contributed by atoms with Gasteiger partial charge in [-0.2, -0.15) is 4.98 Å². The van der Waals surface area contributed by atoms with E-state index in [0.717, 1.165) is 25.3 Å². The summed E-state index contributed by atoms with van der Waals surface area (Å²) in [7, 11) is 0. The third kappa shape index (κ3) is 2.73. The van der Waals surface area contributed by atoms with Crippen LogP contribution < -0.4 is 5.73 Å². The summed E-state index contributed by atoms with van der Waals surface area (Å²) in [6.07, 6.45) is 5.15. The molecule has 3 heterocycles. The molecular formula is C13H19N5O2. The number of rotatable bonds is 4. The van der Waals surface area contributed by atoms with Crippen LogP contribution in [0.1, 0.15) is 36.8 Å².